The van der Waals surface area contributed by atoms with Crippen molar-refractivity contribution in [2.45, 2.75) is 39.5 Å². The minimum Gasteiger partial charge on any atom is -0.381 e. The highest BCUT2D eigenvalue weighted by molar-refractivity contribution is 5.85. The Bertz CT molecular complexity index is 70.9. The molecule has 3 heteroatoms. The summed E-state index contributed by atoms with van der Waals surface area (Å²) >= 11 is 0. The van der Waals surface area contributed by atoms with E-state index in [1.807, 2.05) is 26.0 Å². The fourth-order valence-corrected chi connectivity index (χ4v) is 0.701. The largest absolute Gasteiger partial charge is 0.381 e. The molecule has 0 saturated heterocycles. The van der Waals surface area contributed by atoms with Gasteiger partial charge >= 0.3 is 0 Å². The van der Waals surface area contributed by atoms with Crippen molar-refractivity contribution >= 4 is 12.4 Å². The molecule has 0 spiro atoms. The van der Waals surface area contributed by atoms with Gasteiger partial charge in [0.1, 0.15) is 0 Å². The second kappa shape index (κ2) is 18.9. The Morgan fingerprint density at radius 1 is 0.857 bits per heavy atom. The third kappa shape index (κ3) is 39.8. The van der Waals surface area contributed by atoms with Crippen molar-refractivity contribution in [3.8, 4) is 0 Å². The first-order chi connectivity index (χ1) is 6.15. The Morgan fingerprint density at radius 3 is 1.71 bits per heavy atom. The molecule has 0 saturated carbocycles. The number of ether oxygens (including phenoxy) is 1. The third-order valence-electron chi connectivity index (χ3n) is 1.24. The summed E-state index contributed by atoms with van der Waals surface area (Å²) < 4.78 is 5.28. The summed E-state index contributed by atoms with van der Waals surface area (Å²) in [5.74, 6) is 0. The van der Waals surface area contributed by atoms with Gasteiger partial charge in [-0.05, 0) is 34.0 Å². The van der Waals surface area contributed by atoms with Crippen molar-refractivity contribution in [1.82, 2.24) is 4.90 Å². The van der Waals surface area contributed by atoms with Gasteiger partial charge in [0.25, 0.3) is 0 Å². The third-order valence-corrected chi connectivity index (χ3v) is 1.24. The van der Waals surface area contributed by atoms with Gasteiger partial charge in [0.2, 0.25) is 0 Å². The summed E-state index contributed by atoms with van der Waals surface area (Å²) in [6.07, 6.45) is 4.97. The zero-order valence-electron chi connectivity index (χ0n) is 10.5. The summed E-state index contributed by atoms with van der Waals surface area (Å²) in [6.45, 7) is 6.24. The van der Waals surface area contributed by atoms with Gasteiger partial charge in [0.05, 0.1) is 0 Å². The zero-order valence-corrected chi connectivity index (χ0v) is 11.3. The van der Waals surface area contributed by atoms with E-state index >= 15 is 0 Å². The van der Waals surface area contributed by atoms with Crippen LogP contribution in [0.1, 0.15) is 39.5 Å². The average Bonchev–Trinajstić information content (AvgIpc) is 2.03. The molecule has 0 atom stereocenters. The molecule has 0 aromatic rings. The minimum absolute atomic E-state index is 0. The highest BCUT2D eigenvalue weighted by Crippen LogP contribution is 1.93. The highest BCUT2D eigenvalue weighted by atomic mass is 35.5. The van der Waals surface area contributed by atoms with E-state index in [-0.39, 0.29) is 12.4 Å². The van der Waals surface area contributed by atoms with Crippen molar-refractivity contribution in [3.63, 3.8) is 0 Å². The fourth-order valence-electron chi connectivity index (χ4n) is 0.701. The SMILES string of the molecule is CCCCCOCCC.CN(C)C.Cl. The van der Waals surface area contributed by atoms with E-state index in [1.165, 1.54) is 19.3 Å². The van der Waals surface area contributed by atoms with Crippen LogP contribution in [0.4, 0.5) is 0 Å². The smallest absolute Gasteiger partial charge is 0.0466 e. The van der Waals surface area contributed by atoms with E-state index in [2.05, 4.69) is 13.8 Å². The van der Waals surface area contributed by atoms with Gasteiger partial charge in [-0.1, -0.05) is 26.7 Å². The molecule has 0 aromatic carbocycles. The predicted octanol–water partition coefficient (Wildman–Crippen LogP) is 3.20. The number of unbranched alkanes of at least 4 members (excludes halogenated alkanes) is 2. The maximum atomic E-state index is 5.28. The number of hydrogen-bond donors (Lipinski definition) is 0. The molecule has 0 rings (SSSR count). The Balaban J connectivity index is -0.000000209. The Hall–Kier alpha value is 0.210. The van der Waals surface area contributed by atoms with Crippen LogP contribution in [0.3, 0.4) is 0 Å². The van der Waals surface area contributed by atoms with Crippen LogP contribution in [0.2, 0.25) is 0 Å². The minimum atomic E-state index is 0. The van der Waals surface area contributed by atoms with Crippen LogP contribution >= 0.6 is 12.4 Å². The van der Waals surface area contributed by atoms with E-state index in [4.69, 9.17) is 4.74 Å². The molecule has 0 aliphatic heterocycles. The van der Waals surface area contributed by atoms with E-state index in [1.54, 1.807) is 0 Å². The summed E-state index contributed by atoms with van der Waals surface area (Å²) in [7, 11) is 6.00. The van der Waals surface area contributed by atoms with Crippen LogP contribution in [0.5, 0.6) is 0 Å². The summed E-state index contributed by atoms with van der Waals surface area (Å²) in [5, 5.41) is 0. The van der Waals surface area contributed by atoms with Gasteiger partial charge < -0.3 is 9.64 Å². The first-order valence-electron chi connectivity index (χ1n) is 5.33. The first-order valence-corrected chi connectivity index (χ1v) is 5.33. The van der Waals surface area contributed by atoms with E-state index in [9.17, 15) is 0 Å². The number of nitrogens with zero attached hydrogens (tertiary/aromatic N) is 1. The van der Waals surface area contributed by atoms with Gasteiger partial charge in [0.15, 0.2) is 0 Å². The van der Waals surface area contributed by atoms with Crippen LogP contribution in [-0.4, -0.2) is 39.3 Å². The molecule has 2 nitrogen and oxygen atoms in total. The zero-order chi connectivity index (χ0) is 10.5. The summed E-state index contributed by atoms with van der Waals surface area (Å²) in [4.78, 5) is 2.00. The standard InChI is InChI=1S/C8H18O.C3H9N.ClH/c1-3-5-6-8-9-7-4-2;1-4(2)3;/h3-8H2,1-2H3;1-3H3;1H. The molecule has 0 aliphatic carbocycles. The molecule has 0 unspecified atom stereocenters. The van der Waals surface area contributed by atoms with Crippen molar-refractivity contribution < 1.29 is 4.74 Å². The van der Waals surface area contributed by atoms with Gasteiger partial charge in [-0.3, -0.25) is 0 Å². The van der Waals surface area contributed by atoms with Crippen LogP contribution < -0.4 is 0 Å². The molecule has 90 valence electrons. The molecular formula is C11H28ClNO. The lowest BCUT2D eigenvalue weighted by Crippen LogP contribution is -1.99. The number of rotatable bonds is 6. The topological polar surface area (TPSA) is 12.5 Å². The van der Waals surface area contributed by atoms with E-state index < -0.39 is 0 Å². The molecule has 0 radical (unpaired) electrons. The normalized spacial score (nSPS) is 9.00. The van der Waals surface area contributed by atoms with E-state index in [0.717, 1.165) is 19.6 Å². The van der Waals surface area contributed by atoms with Crippen molar-refractivity contribution in [1.29, 1.82) is 0 Å². The van der Waals surface area contributed by atoms with Crippen LogP contribution in [0, 0.1) is 0 Å². The molecule has 14 heavy (non-hydrogen) atoms. The molecule has 0 aromatic heterocycles. The summed E-state index contributed by atoms with van der Waals surface area (Å²) in [6, 6.07) is 0. The maximum Gasteiger partial charge on any atom is 0.0466 e. The molecule has 0 N–H and O–H groups in total. The van der Waals surface area contributed by atoms with Crippen molar-refractivity contribution in [2.75, 3.05) is 34.4 Å². The van der Waals surface area contributed by atoms with Crippen molar-refractivity contribution in [3.05, 3.63) is 0 Å². The fraction of sp³-hybridized carbons (Fsp3) is 1.00. The highest BCUT2D eigenvalue weighted by Gasteiger charge is 1.84. The maximum absolute atomic E-state index is 5.28. The molecule has 0 bridgehead atoms. The first kappa shape index (κ1) is 19.7. The van der Waals surface area contributed by atoms with Crippen LogP contribution in [0.25, 0.3) is 0 Å². The van der Waals surface area contributed by atoms with Gasteiger partial charge in [-0.15, -0.1) is 12.4 Å². The van der Waals surface area contributed by atoms with E-state index in [0.29, 0.717) is 0 Å². The molecule has 0 heterocycles. The molecular weight excluding hydrogens is 198 g/mol. The number of halogens is 1. The summed E-state index contributed by atoms with van der Waals surface area (Å²) in [5.41, 5.74) is 0. The lowest BCUT2D eigenvalue weighted by molar-refractivity contribution is 0.131. The average molecular weight is 226 g/mol. The monoisotopic (exact) mass is 225 g/mol. The second-order valence-electron chi connectivity index (χ2n) is 3.66. The number of hydrogen-bond acceptors (Lipinski definition) is 2. The van der Waals surface area contributed by atoms with Gasteiger partial charge in [0, 0.05) is 13.2 Å². The lowest BCUT2D eigenvalue weighted by atomic mass is 10.3. The van der Waals surface area contributed by atoms with Gasteiger partial charge in [-0.25, -0.2) is 0 Å². The molecule has 0 amide bonds. The van der Waals surface area contributed by atoms with Gasteiger partial charge in [-0.2, -0.15) is 0 Å². The van der Waals surface area contributed by atoms with Crippen LogP contribution in [-0.2, 0) is 4.74 Å². The Morgan fingerprint density at radius 2 is 1.36 bits per heavy atom. The molecule has 0 fully saturated rings. The molecule has 0 aliphatic rings. The predicted molar refractivity (Wildman–Crippen MR) is 67.5 cm³/mol. The Kier molecular flexibility index (Phi) is 26.6. The second-order valence-corrected chi connectivity index (χ2v) is 3.66. The quantitative estimate of drug-likeness (QED) is 0.644. The van der Waals surface area contributed by atoms with Crippen LogP contribution in [0.15, 0.2) is 0 Å². The Labute approximate surface area is 96.4 Å². The lowest BCUT2D eigenvalue weighted by Gasteiger charge is -1.99. The van der Waals surface area contributed by atoms with Crippen molar-refractivity contribution in [2.24, 2.45) is 0 Å².